The Balaban J connectivity index is 2.12. The van der Waals surface area contributed by atoms with Crippen LogP contribution in [0.4, 0.5) is 0 Å². The maximum absolute atomic E-state index is 3.68. The highest BCUT2D eigenvalue weighted by atomic mass is 15.2. The molecule has 0 aromatic heterocycles. The fraction of sp³-hybridized carbons (Fsp3) is 1.00. The van der Waals surface area contributed by atoms with Crippen LogP contribution in [0.5, 0.6) is 0 Å². The number of likely N-dealkylation sites (N-methyl/N-ethyl adjacent to an activating group) is 2. The van der Waals surface area contributed by atoms with Gasteiger partial charge in [0.15, 0.2) is 0 Å². The highest BCUT2D eigenvalue weighted by Gasteiger charge is 2.48. The van der Waals surface area contributed by atoms with Gasteiger partial charge in [-0.2, -0.15) is 0 Å². The Morgan fingerprint density at radius 1 is 1.17 bits per heavy atom. The van der Waals surface area contributed by atoms with Gasteiger partial charge in [-0.05, 0) is 71.0 Å². The maximum atomic E-state index is 3.68. The molecule has 0 radical (unpaired) electrons. The molecule has 4 atom stereocenters. The van der Waals surface area contributed by atoms with Crippen molar-refractivity contribution in [2.75, 3.05) is 20.1 Å². The van der Waals surface area contributed by atoms with Crippen LogP contribution in [0.15, 0.2) is 0 Å². The summed E-state index contributed by atoms with van der Waals surface area (Å²) in [4.78, 5) is 2.63. The van der Waals surface area contributed by atoms with Gasteiger partial charge in [-0.1, -0.05) is 20.3 Å². The average Bonchev–Trinajstić information content (AvgIpc) is 2.93. The summed E-state index contributed by atoms with van der Waals surface area (Å²) in [5, 5.41) is 3.68. The van der Waals surface area contributed by atoms with Gasteiger partial charge in [-0.25, -0.2) is 0 Å². The van der Waals surface area contributed by atoms with Crippen LogP contribution in [0.3, 0.4) is 0 Å². The van der Waals surface area contributed by atoms with Crippen LogP contribution in [-0.2, 0) is 0 Å². The summed E-state index contributed by atoms with van der Waals surface area (Å²) >= 11 is 0. The van der Waals surface area contributed by atoms with Gasteiger partial charge in [0, 0.05) is 11.6 Å². The lowest BCUT2D eigenvalue weighted by atomic mass is 9.75. The molecule has 0 saturated heterocycles. The zero-order valence-corrected chi connectivity index (χ0v) is 13.0. The molecule has 0 aliphatic heterocycles. The molecule has 2 fully saturated rings. The van der Waals surface area contributed by atoms with Crippen LogP contribution < -0.4 is 5.32 Å². The van der Waals surface area contributed by atoms with Gasteiger partial charge >= 0.3 is 0 Å². The Morgan fingerprint density at radius 2 is 1.83 bits per heavy atom. The first kappa shape index (κ1) is 14.3. The number of hydrogen-bond donors (Lipinski definition) is 1. The molecular weight excluding hydrogens is 220 g/mol. The van der Waals surface area contributed by atoms with Crippen molar-refractivity contribution in [3.8, 4) is 0 Å². The van der Waals surface area contributed by atoms with Gasteiger partial charge in [-0.3, -0.25) is 4.90 Å². The molecule has 2 bridgehead atoms. The van der Waals surface area contributed by atoms with Gasteiger partial charge in [0.2, 0.25) is 0 Å². The standard InChI is InChI=1S/C16H32N2/c1-6-18(7-2)16(3,4)15(17-5)14-11-12-8-9-13(14)10-12/h12-15,17H,6-11H2,1-5H3. The number of nitrogens with zero attached hydrogens (tertiary/aromatic N) is 1. The Bertz CT molecular complexity index is 270. The Morgan fingerprint density at radius 3 is 2.22 bits per heavy atom. The van der Waals surface area contributed by atoms with Gasteiger partial charge in [-0.15, -0.1) is 0 Å². The van der Waals surface area contributed by atoms with E-state index >= 15 is 0 Å². The first-order valence-electron chi connectivity index (χ1n) is 7.96. The highest BCUT2D eigenvalue weighted by molar-refractivity contribution is 5.03. The van der Waals surface area contributed by atoms with Crippen LogP contribution in [0.1, 0.15) is 53.4 Å². The minimum Gasteiger partial charge on any atom is -0.315 e. The second-order valence-electron chi connectivity index (χ2n) is 6.93. The van der Waals surface area contributed by atoms with E-state index in [1.54, 1.807) is 0 Å². The van der Waals surface area contributed by atoms with E-state index in [1.807, 2.05) is 0 Å². The third kappa shape index (κ3) is 2.34. The molecule has 0 heterocycles. The SMILES string of the molecule is CCN(CC)C(C)(C)C(NC)C1CC2CCC1C2. The second-order valence-corrected chi connectivity index (χ2v) is 6.93. The molecule has 0 amide bonds. The molecular formula is C16H32N2. The summed E-state index contributed by atoms with van der Waals surface area (Å²) < 4.78 is 0. The lowest BCUT2D eigenvalue weighted by molar-refractivity contribution is 0.0530. The van der Waals surface area contributed by atoms with E-state index in [0.717, 1.165) is 30.8 Å². The van der Waals surface area contributed by atoms with Crippen molar-refractivity contribution in [2.24, 2.45) is 17.8 Å². The van der Waals surface area contributed by atoms with Crippen LogP contribution in [0.25, 0.3) is 0 Å². The van der Waals surface area contributed by atoms with Crippen LogP contribution in [0, 0.1) is 17.8 Å². The number of nitrogens with one attached hydrogen (secondary N) is 1. The molecule has 0 aromatic rings. The topological polar surface area (TPSA) is 15.3 Å². The van der Waals surface area contributed by atoms with Crippen molar-refractivity contribution in [1.29, 1.82) is 0 Å². The van der Waals surface area contributed by atoms with Gasteiger partial charge in [0.05, 0.1) is 0 Å². The predicted molar refractivity (Wildman–Crippen MR) is 78.8 cm³/mol. The normalized spacial score (nSPS) is 33.3. The first-order valence-corrected chi connectivity index (χ1v) is 7.96. The van der Waals surface area contributed by atoms with Crippen LogP contribution in [0.2, 0.25) is 0 Å². The quantitative estimate of drug-likeness (QED) is 0.781. The number of fused-ring (bicyclic) bond motifs is 2. The van der Waals surface area contributed by atoms with Crippen molar-refractivity contribution in [2.45, 2.75) is 65.0 Å². The van der Waals surface area contributed by atoms with E-state index in [1.165, 1.54) is 25.7 Å². The van der Waals surface area contributed by atoms with E-state index in [2.05, 4.69) is 45.0 Å². The number of hydrogen-bond acceptors (Lipinski definition) is 2. The van der Waals surface area contributed by atoms with Crippen LogP contribution >= 0.6 is 0 Å². The molecule has 2 aliphatic carbocycles. The third-order valence-electron chi connectivity index (χ3n) is 5.87. The molecule has 18 heavy (non-hydrogen) atoms. The minimum atomic E-state index is 0.271. The smallest absolute Gasteiger partial charge is 0.0308 e. The summed E-state index contributed by atoms with van der Waals surface area (Å²) in [5.74, 6) is 2.95. The van der Waals surface area contributed by atoms with E-state index in [4.69, 9.17) is 0 Å². The largest absolute Gasteiger partial charge is 0.315 e. The average molecular weight is 252 g/mol. The second kappa shape index (κ2) is 5.50. The minimum absolute atomic E-state index is 0.271. The van der Waals surface area contributed by atoms with E-state index in [9.17, 15) is 0 Å². The van der Waals surface area contributed by atoms with Gasteiger partial charge in [0.1, 0.15) is 0 Å². The molecule has 0 spiro atoms. The number of rotatable bonds is 6. The van der Waals surface area contributed by atoms with E-state index in [0.29, 0.717) is 6.04 Å². The predicted octanol–water partition coefficient (Wildman–Crippen LogP) is 3.13. The van der Waals surface area contributed by atoms with Crippen molar-refractivity contribution in [1.82, 2.24) is 10.2 Å². The molecule has 4 unspecified atom stereocenters. The van der Waals surface area contributed by atoms with Crippen molar-refractivity contribution in [3.63, 3.8) is 0 Å². The lowest BCUT2D eigenvalue weighted by Gasteiger charge is -2.47. The monoisotopic (exact) mass is 252 g/mol. The molecule has 2 heteroatoms. The van der Waals surface area contributed by atoms with Crippen molar-refractivity contribution in [3.05, 3.63) is 0 Å². The molecule has 2 rings (SSSR count). The summed E-state index contributed by atoms with van der Waals surface area (Å²) in [6, 6.07) is 0.646. The molecule has 2 saturated carbocycles. The van der Waals surface area contributed by atoms with Gasteiger partial charge in [0.25, 0.3) is 0 Å². The molecule has 106 valence electrons. The molecule has 2 aliphatic rings. The molecule has 2 nitrogen and oxygen atoms in total. The highest BCUT2D eigenvalue weighted by Crippen LogP contribution is 2.51. The van der Waals surface area contributed by atoms with Crippen molar-refractivity contribution >= 4 is 0 Å². The first-order chi connectivity index (χ1) is 8.54. The maximum Gasteiger partial charge on any atom is 0.0308 e. The van der Waals surface area contributed by atoms with E-state index in [-0.39, 0.29) is 5.54 Å². The Kier molecular flexibility index (Phi) is 4.38. The summed E-state index contributed by atoms with van der Waals surface area (Å²) in [5.41, 5.74) is 0.271. The van der Waals surface area contributed by atoms with Crippen molar-refractivity contribution < 1.29 is 0 Å². The van der Waals surface area contributed by atoms with Gasteiger partial charge < -0.3 is 5.32 Å². The molecule has 0 aromatic carbocycles. The van der Waals surface area contributed by atoms with E-state index < -0.39 is 0 Å². The summed E-state index contributed by atoms with van der Waals surface area (Å²) in [6.45, 7) is 11.8. The fourth-order valence-electron chi connectivity index (χ4n) is 5.03. The molecule has 1 N–H and O–H groups in total. The Labute approximate surface area is 114 Å². The lowest BCUT2D eigenvalue weighted by Crippen LogP contribution is -2.60. The third-order valence-corrected chi connectivity index (χ3v) is 5.87. The van der Waals surface area contributed by atoms with Crippen LogP contribution in [-0.4, -0.2) is 36.6 Å². The zero-order chi connectivity index (χ0) is 13.3. The summed E-state index contributed by atoms with van der Waals surface area (Å²) in [6.07, 6.45) is 5.98. The Hall–Kier alpha value is -0.0800. The fourth-order valence-corrected chi connectivity index (χ4v) is 5.03. The zero-order valence-electron chi connectivity index (χ0n) is 13.0. The summed E-state index contributed by atoms with van der Waals surface area (Å²) in [7, 11) is 2.17.